The van der Waals surface area contributed by atoms with Crippen molar-refractivity contribution in [2.75, 3.05) is 12.4 Å². The molecule has 2 aromatic carbocycles. The number of piperazine rings is 1. The summed E-state index contributed by atoms with van der Waals surface area (Å²) in [6.07, 6.45) is 3.56. The van der Waals surface area contributed by atoms with Gasteiger partial charge >= 0.3 is 0 Å². The Morgan fingerprint density at radius 1 is 1.09 bits per heavy atom. The molecule has 4 rings (SSSR count). The largest absolute Gasteiger partial charge is 0.497 e. The van der Waals surface area contributed by atoms with Crippen LogP contribution >= 0.6 is 0 Å². The van der Waals surface area contributed by atoms with Gasteiger partial charge in [0.1, 0.15) is 11.8 Å². The summed E-state index contributed by atoms with van der Waals surface area (Å²) >= 11 is 0. The number of amides is 3. The van der Waals surface area contributed by atoms with E-state index in [0.717, 1.165) is 31.2 Å². The fourth-order valence-corrected chi connectivity index (χ4v) is 4.70. The number of nitrogens with zero attached hydrogens (tertiary/aromatic N) is 1. The average Bonchev–Trinajstić information content (AvgIpc) is 2.80. The molecule has 2 N–H and O–H groups in total. The molecule has 0 spiro atoms. The fraction of sp³-hybridized carbons (Fsp3) is 0.400. The van der Waals surface area contributed by atoms with Gasteiger partial charge in [-0.15, -0.1) is 0 Å². The first-order valence-corrected chi connectivity index (χ1v) is 11.1. The number of para-hydroxylation sites is 1. The molecule has 2 aromatic rings. The Morgan fingerprint density at radius 3 is 2.53 bits per heavy atom. The molecule has 32 heavy (non-hydrogen) atoms. The summed E-state index contributed by atoms with van der Waals surface area (Å²) in [5.74, 6) is -0.132. The van der Waals surface area contributed by atoms with Gasteiger partial charge in [0.25, 0.3) is 5.91 Å². The molecule has 1 saturated carbocycles. The van der Waals surface area contributed by atoms with Gasteiger partial charge < -0.3 is 20.3 Å². The molecule has 1 aliphatic heterocycles. The summed E-state index contributed by atoms with van der Waals surface area (Å²) in [5, 5.41) is 5.96. The molecule has 0 bridgehead atoms. The van der Waals surface area contributed by atoms with Crippen LogP contribution in [0, 0.1) is 6.92 Å². The number of hydrogen-bond donors (Lipinski definition) is 2. The maximum Gasteiger partial charge on any atom is 0.254 e. The number of benzene rings is 2. The predicted octanol–water partition coefficient (Wildman–Crippen LogP) is 3.28. The second-order valence-electron chi connectivity index (χ2n) is 8.49. The third-order valence-corrected chi connectivity index (χ3v) is 6.42. The van der Waals surface area contributed by atoms with Crippen LogP contribution in [0.2, 0.25) is 0 Å². The first kappa shape index (κ1) is 21.9. The van der Waals surface area contributed by atoms with Crippen molar-refractivity contribution in [3.05, 3.63) is 59.7 Å². The van der Waals surface area contributed by atoms with E-state index in [0.29, 0.717) is 17.0 Å². The Bertz CT molecular complexity index is 1000. The van der Waals surface area contributed by atoms with Crippen molar-refractivity contribution in [3.8, 4) is 5.75 Å². The third-order valence-electron chi connectivity index (χ3n) is 6.42. The van der Waals surface area contributed by atoms with E-state index in [9.17, 15) is 14.4 Å². The minimum absolute atomic E-state index is 0.0749. The predicted molar refractivity (Wildman–Crippen MR) is 122 cm³/mol. The molecule has 3 amide bonds. The summed E-state index contributed by atoms with van der Waals surface area (Å²) in [6, 6.07) is 13.3. The lowest BCUT2D eigenvalue weighted by Gasteiger charge is -2.48. The lowest BCUT2D eigenvalue weighted by molar-refractivity contribution is -0.135. The highest BCUT2D eigenvalue weighted by atomic mass is 16.5. The second kappa shape index (κ2) is 9.42. The highest BCUT2D eigenvalue weighted by molar-refractivity contribution is 6.01. The molecule has 7 nitrogen and oxygen atoms in total. The summed E-state index contributed by atoms with van der Waals surface area (Å²) in [4.78, 5) is 41.2. The number of nitrogens with one attached hydrogen (secondary N) is 2. The van der Waals surface area contributed by atoms with E-state index in [-0.39, 0.29) is 36.2 Å². The molecule has 2 aliphatic rings. The van der Waals surface area contributed by atoms with Crippen LogP contribution in [0.15, 0.2) is 48.5 Å². The van der Waals surface area contributed by atoms with Gasteiger partial charge in [0.05, 0.1) is 19.6 Å². The first-order chi connectivity index (χ1) is 15.5. The minimum Gasteiger partial charge on any atom is -0.497 e. The van der Waals surface area contributed by atoms with E-state index >= 15 is 0 Å². The lowest BCUT2D eigenvalue weighted by Crippen LogP contribution is -2.68. The fourth-order valence-electron chi connectivity index (χ4n) is 4.70. The van der Waals surface area contributed by atoms with Crippen molar-refractivity contribution in [2.24, 2.45) is 0 Å². The van der Waals surface area contributed by atoms with Gasteiger partial charge in [0.15, 0.2) is 0 Å². The molecule has 3 atom stereocenters. The van der Waals surface area contributed by atoms with Crippen LogP contribution in [0.4, 0.5) is 5.69 Å². The lowest BCUT2D eigenvalue weighted by atomic mass is 9.84. The highest BCUT2D eigenvalue weighted by Crippen LogP contribution is 2.31. The molecule has 1 aliphatic carbocycles. The molecule has 0 unspecified atom stereocenters. The van der Waals surface area contributed by atoms with E-state index in [1.807, 2.05) is 31.2 Å². The van der Waals surface area contributed by atoms with Gasteiger partial charge in [-0.1, -0.05) is 31.0 Å². The molecule has 7 heteroatoms. The minimum atomic E-state index is -0.854. The van der Waals surface area contributed by atoms with Crippen LogP contribution < -0.4 is 15.4 Å². The number of anilines is 1. The van der Waals surface area contributed by atoms with Crippen molar-refractivity contribution in [2.45, 2.75) is 57.2 Å². The highest BCUT2D eigenvalue weighted by Gasteiger charge is 2.46. The van der Waals surface area contributed by atoms with Crippen molar-refractivity contribution in [3.63, 3.8) is 0 Å². The van der Waals surface area contributed by atoms with Crippen LogP contribution in [0.1, 0.15) is 48.0 Å². The molecule has 168 valence electrons. The van der Waals surface area contributed by atoms with Gasteiger partial charge in [0.2, 0.25) is 11.8 Å². The van der Waals surface area contributed by atoms with Crippen LogP contribution in [0.3, 0.4) is 0 Å². The van der Waals surface area contributed by atoms with Crippen LogP contribution in [0.5, 0.6) is 5.75 Å². The summed E-state index contributed by atoms with van der Waals surface area (Å²) < 4.78 is 5.20. The quantitative estimate of drug-likeness (QED) is 0.755. The molecule has 0 radical (unpaired) electrons. The zero-order valence-corrected chi connectivity index (χ0v) is 18.5. The Hall–Kier alpha value is -3.35. The second-order valence-corrected chi connectivity index (χ2v) is 8.49. The van der Waals surface area contributed by atoms with Gasteiger partial charge in [-0.05, 0) is 55.7 Å². The summed E-state index contributed by atoms with van der Waals surface area (Å²) in [5.41, 5.74) is 2.12. The smallest absolute Gasteiger partial charge is 0.254 e. The number of rotatable bonds is 5. The number of fused-ring (bicyclic) bond motifs is 1. The molecule has 2 fully saturated rings. The van der Waals surface area contributed by atoms with Crippen molar-refractivity contribution >= 4 is 23.4 Å². The van der Waals surface area contributed by atoms with Crippen LogP contribution in [0.25, 0.3) is 0 Å². The third kappa shape index (κ3) is 4.47. The van der Waals surface area contributed by atoms with Gasteiger partial charge in [-0.2, -0.15) is 0 Å². The standard InChI is InChI=1S/C25H29N3O4/c1-16-7-3-4-8-19(16)26-23(29)15-22-24(30)27-20-9-5-6-10-21(20)28(22)25(31)17-11-13-18(32-2)14-12-17/h3-4,7-8,11-14,20-22H,5-6,9-10,15H2,1-2H3,(H,26,29)(H,27,30)/t20-,21-,22-/m1/s1. The Morgan fingerprint density at radius 2 is 1.81 bits per heavy atom. The van der Waals surface area contributed by atoms with E-state index in [2.05, 4.69) is 10.6 Å². The Labute approximate surface area is 188 Å². The first-order valence-electron chi connectivity index (χ1n) is 11.1. The van der Waals surface area contributed by atoms with Gasteiger partial charge in [0, 0.05) is 17.3 Å². The van der Waals surface area contributed by atoms with Gasteiger partial charge in [-0.3, -0.25) is 14.4 Å². The molecular weight excluding hydrogens is 406 g/mol. The number of carbonyl (C=O) groups excluding carboxylic acids is 3. The van der Waals surface area contributed by atoms with E-state index in [1.54, 1.807) is 36.3 Å². The van der Waals surface area contributed by atoms with E-state index in [4.69, 9.17) is 4.74 Å². The van der Waals surface area contributed by atoms with Crippen molar-refractivity contribution in [1.82, 2.24) is 10.2 Å². The van der Waals surface area contributed by atoms with Crippen molar-refractivity contribution in [1.29, 1.82) is 0 Å². The number of ether oxygens (including phenoxy) is 1. The van der Waals surface area contributed by atoms with E-state index < -0.39 is 6.04 Å². The topological polar surface area (TPSA) is 87.7 Å². The van der Waals surface area contributed by atoms with Gasteiger partial charge in [-0.25, -0.2) is 0 Å². The van der Waals surface area contributed by atoms with E-state index in [1.165, 1.54) is 0 Å². The number of hydrogen-bond acceptors (Lipinski definition) is 4. The number of aryl methyl sites for hydroxylation is 1. The molecule has 1 heterocycles. The van der Waals surface area contributed by atoms with Crippen LogP contribution in [-0.4, -0.2) is 47.9 Å². The van der Waals surface area contributed by atoms with Crippen LogP contribution in [-0.2, 0) is 9.59 Å². The zero-order chi connectivity index (χ0) is 22.7. The number of carbonyl (C=O) groups is 3. The average molecular weight is 436 g/mol. The number of methoxy groups -OCH3 is 1. The maximum atomic E-state index is 13.6. The Balaban J connectivity index is 1.60. The zero-order valence-electron chi connectivity index (χ0n) is 18.5. The van der Waals surface area contributed by atoms with Crippen molar-refractivity contribution < 1.29 is 19.1 Å². The monoisotopic (exact) mass is 435 g/mol. The molecule has 0 aromatic heterocycles. The normalized spacial score (nSPS) is 22.5. The summed E-state index contributed by atoms with van der Waals surface area (Å²) in [6.45, 7) is 1.91. The maximum absolute atomic E-state index is 13.6. The Kier molecular flexibility index (Phi) is 6.44. The molecule has 1 saturated heterocycles. The molecular formula is C25H29N3O4. The summed E-state index contributed by atoms with van der Waals surface area (Å²) in [7, 11) is 1.57. The SMILES string of the molecule is COc1ccc(C(=O)N2[C@H](CC(=O)Nc3ccccc3C)C(=O)N[C@@H]3CCCC[C@H]32)cc1.